The van der Waals surface area contributed by atoms with Gasteiger partial charge in [-0.2, -0.15) is 4.80 Å². The van der Waals surface area contributed by atoms with E-state index >= 15 is 0 Å². The van der Waals surface area contributed by atoms with E-state index in [1.54, 1.807) is 13.0 Å². The van der Waals surface area contributed by atoms with Gasteiger partial charge in [0.25, 0.3) is 11.5 Å². The molecule has 1 aliphatic carbocycles. The highest BCUT2D eigenvalue weighted by Gasteiger charge is 2.54. The monoisotopic (exact) mass is 581 g/mol. The molecule has 0 spiro atoms. The van der Waals surface area contributed by atoms with Gasteiger partial charge in [-0.15, -0.1) is 10.2 Å². The van der Waals surface area contributed by atoms with Crippen LogP contribution in [0.4, 0.5) is 4.39 Å². The molecule has 42 heavy (non-hydrogen) atoms. The van der Waals surface area contributed by atoms with Crippen molar-refractivity contribution >= 4 is 17.7 Å². The quantitative estimate of drug-likeness (QED) is 0.390. The number of amides is 3. The third-order valence-electron chi connectivity index (χ3n) is 8.49. The van der Waals surface area contributed by atoms with Crippen molar-refractivity contribution in [2.24, 2.45) is 5.41 Å². The predicted octanol–water partition coefficient (Wildman–Crippen LogP) is 0.329. The Hall–Kier alpha value is -4.69. The van der Waals surface area contributed by atoms with Crippen LogP contribution in [0.1, 0.15) is 53.1 Å². The van der Waals surface area contributed by atoms with Crippen LogP contribution in [-0.4, -0.2) is 83.5 Å². The number of hydrogen-bond donors (Lipinski definition) is 2. The zero-order chi connectivity index (χ0) is 30.4. The fourth-order valence-corrected chi connectivity index (χ4v) is 5.98. The fourth-order valence-electron chi connectivity index (χ4n) is 5.98. The van der Waals surface area contributed by atoms with Crippen LogP contribution >= 0.6 is 0 Å². The summed E-state index contributed by atoms with van der Waals surface area (Å²) >= 11 is 0. The number of aromatic hydroxyl groups is 1. The van der Waals surface area contributed by atoms with E-state index in [1.807, 2.05) is 0 Å². The molecule has 1 fully saturated rings. The van der Waals surface area contributed by atoms with Crippen LogP contribution in [0.5, 0.6) is 5.75 Å². The molecule has 0 atom stereocenters. The molecule has 222 valence electrons. The Morgan fingerprint density at radius 3 is 2.45 bits per heavy atom. The van der Waals surface area contributed by atoms with Gasteiger partial charge in [0.05, 0.1) is 6.54 Å². The van der Waals surface area contributed by atoms with E-state index < -0.39 is 45.7 Å². The van der Waals surface area contributed by atoms with Crippen molar-refractivity contribution in [2.45, 2.75) is 57.8 Å². The summed E-state index contributed by atoms with van der Waals surface area (Å²) in [7, 11) is 4.42. The molecule has 2 aliphatic heterocycles. The highest BCUT2D eigenvalue weighted by Crippen LogP contribution is 2.52. The molecule has 1 aromatic carbocycles. The van der Waals surface area contributed by atoms with Gasteiger partial charge in [-0.1, -0.05) is 12.1 Å². The van der Waals surface area contributed by atoms with Crippen molar-refractivity contribution in [1.82, 2.24) is 44.9 Å². The zero-order valence-electron chi connectivity index (χ0n) is 23.8. The number of tetrazole rings is 1. The molecule has 0 saturated heterocycles. The van der Waals surface area contributed by atoms with Crippen molar-refractivity contribution in [3.05, 3.63) is 63.3 Å². The molecule has 6 rings (SSSR count). The normalized spacial score (nSPS) is 20.9. The van der Waals surface area contributed by atoms with Gasteiger partial charge in [0.2, 0.25) is 5.75 Å². The standard InChI is InChI=1S/C27H32FN9O5/c1-16-11-17(5-6-18(16)28)12-29-21(39)19-20(38)22(40)36-13-26(14-37-31-15-30-33-37)7-9-27(10-8-26,25(36)32-19)35(4)24(42)23(41)34(2)3/h5-6,11,15,38H,7-10,12-14H2,1-4H3,(H,29,39). The minimum absolute atomic E-state index is 0.00558. The van der Waals surface area contributed by atoms with Gasteiger partial charge in [0.15, 0.2) is 12.0 Å². The number of hydrogen-bond acceptors (Lipinski definition) is 9. The Bertz CT molecular complexity index is 1610. The number of benzene rings is 1. The predicted molar refractivity (Wildman–Crippen MR) is 144 cm³/mol. The molecular formula is C27H32FN9O5. The number of nitrogens with zero attached hydrogens (tertiary/aromatic N) is 8. The molecule has 2 aromatic heterocycles. The molecule has 0 radical (unpaired) electrons. The van der Waals surface area contributed by atoms with Crippen molar-refractivity contribution in [1.29, 1.82) is 0 Å². The second kappa shape index (κ2) is 10.6. The lowest BCUT2D eigenvalue weighted by Crippen LogP contribution is -2.54. The van der Waals surface area contributed by atoms with Crippen LogP contribution in [0.15, 0.2) is 29.3 Å². The van der Waals surface area contributed by atoms with Crippen LogP contribution in [0.3, 0.4) is 0 Å². The van der Waals surface area contributed by atoms with Gasteiger partial charge in [-0.25, -0.2) is 9.37 Å². The summed E-state index contributed by atoms with van der Waals surface area (Å²) in [5.74, 6) is -3.47. The number of halogens is 1. The molecule has 1 saturated carbocycles. The summed E-state index contributed by atoms with van der Waals surface area (Å²) < 4.78 is 15.0. The summed E-state index contributed by atoms with van der Waals surface area (Å²) in [4.78, 5) is 61.5. The van der Waals surface area contributed by atoms with Gasteiger partial charge < -0.3 is 20.2 Å². The first-order valence-corrected chi connectivity index (χ1v) is 13.5. The number of aryl methyl sites for hydroxylation is 1. The van der Waals surface area contributed by atoms with Gasteiger partial charge >= 0.3 is 11.8 Å². The second-order valence-electron chi connectivity index (χ2n) is 11.4. The van der Waals surface area contributed by atoms with Gasteiger partial charge in [0.1, 0.15) is 17.2 Å². The van der Waals surface area contributed by atoms with E-state index in [1.165, 1.54) is 58.8 Å². The molecule has 4 heterocycles. The van der Waals surface area contributed by atoms with E-state index in [9.17, 15) is 28.7 Å². The Balaban J connectivity index is 1.58. The van der Waals surface area contributed by atoms with E-state index in [0.29, 0.717) is 43.4 Å². The minimum Gasteiger partial charge on any atom is -0.501 e. The number of nitrogens with one attached hydrogen (secondary N) is 1. The number of aromatic nitrogens is 6. The molecular weight excluding hydrogens is 549 g/mol. The number of carbonyl (C=O) groups excluding carboxylic acids is 3. The lowest BCUT2D eigenvalue weighted by atomic mass is 9.67. The molecule has 15 heteroatoms. The molecule has 14 nitrogen and oxygen atoms in total. The van der Waals surface area contributed by atoms with E-state index in [-0.39, 0.29) is 24.7 Å². The molecule has 3 aliphatic rings. The highest BCUT2D eigenvalue weighted by molar-refractivity contribution is 6.34. The Labute approximate surface area is 240 Å². The van der Waals surface area contributed by atoms with Crippen LogP contribution in [0, 0.1) is 18.2 Å². The maximum atomic E-state index is 13.7. The summed E-state index contributed by atoms with van der Waals surface area (Å²) in [6, 6.07) is 4.38. The summed E-state index contributed by atoms with van der Waals surface area (Å²) in [5.41, 5.74) is -2.09. The first-order valence-electron chi connectivity index (χ1n) is 13.5. The van der Waals surface area contributed by atoms with E-state index in [4.69, 9.17) is 0 Å². The SMILES string of the molecule is Cc1cc(CNC(=O)c2nc3n(c(=O)c2O)CC2(Cn4ncnn4)CCC3(N(C)C(=O)C(=O)N(C)C)CC2)ccc1F. The number of fused-ring (bicyclic) bond motifs is 2. The average molecular weight is 582 g/mol. The Morgan fingerprint density at radius 1 is 1.12 bits per heavy atom. The number of carbonyl (C=O) groups is 3. The van der Waals surface area contributed by atoms with E-state index in [0.717, 1.165) is 0 Å². The van der Waals surface area contributed by atoms with Crippen molar-refractivity contribution in [3.63, 3.8) is 0 Å². The molecule has 2 N–H and O–H groups in total. The third kappa shape index (κ3) is 4.88. The minimum atomic E-state index is -1.21. The third-order valence-corrected chi connectivity index (χ3v) is 8.49. The molecule has 0 unspecified atom stereocenters. The topological polar surface area (TPSA) is 168 Å². The average Bonchev–Trinajstić information content (AvgIpc) is 3.38. The fraction of sp³-hybridized carbons (Fsp3) is 0.481. The van der Waals surface area contributed by atoms with Crippen molar-refractivity contribution in [2.75, 3.05) is 21.1 Å². The highest BCUT2D eigenvalue weighted by atomic mass is 19.1. The maximum Gasteiger partial charge on any atom is 0.312 e. The lowest BCUT2D eigenvalue weighted by molar-refractivity contribution is -0.155. The smallest absolute Gasteiger partial charge is 0.312 e. The lowest BCUT2D eigenvalue weighted by Gasteiger charge is -2.46. The molecule has 2 bridgehead atoms. The first-order chi connectivity index (χ1) is 19.9. The molecule has 3 amide bonds. The largest absolute Gasteiger partial charge is 0.501 e. The van der Waals surface area contributed by atoms with Crippen LogP contribution < -0.4 is 10.9 Å². The van der Waals surface area contributed by atoms with Crippen molar-refractivity contribution in [3.8, 4) is 5.75 Å². The summed E-state index contributed by atoms with van der Waals surface area (Å²) in [6.45, 7) is 2.03. The number of rotatable bonds is 6. The van der Waals surface area contributed by atoms with Crippen LogP contribution in [0.25, 0.3) is 0 Å². The maximum absolute atomic E-state index is 13.7. The number of likely N-dealkylation sites (N-methyl/N-ethyl adjacent to an activating group) is 2. The Kier molecular flexibility index (Phi) is 7.28. The second-order valence-corrected chi connectivity index (χ2v) is 11.4. The Morgan fingerprint density at radius 2 is 1.83 bits per heavy atom. The van der Waals surface area contributed by atoms with Gasteiger partial charge in [-0.05, 0) is 55.0 Å². The van der Waals surface area contributed by atoms with Crippen LogP contribution in [0.2, 0.25) is 0 Å². The summed E-state index contributed by atoms with van der Waals surface area (Å²) in [5, 5.41) is 25.4. The van der Waals surface area contributed by atoms with Crippen LogP contribution in [-0.2, 0) is 34.8 Å². The van der Waals surface area contributed by atoms with E-state index in [2.05, 4.69) is 25.7 Å². The molecule has 3 aromatic rings. The van der Waals surface area contributed by atoms with Gasteiger partial charge in [-0.3, -0.25) is 23.7 Å². The van der Waals surface area contributed by atoms with Gasteiger partial charge in [0, 0.05) is 39.6 Å². The van der Waals surface area contributed by atoms with Crippen molar-refractivity contribution < 1.29 is 23.9 Å². The first kappa shape index (κ1) is 28.8. The summed E-state index contributed by atoms with van der Waals surface area (Å²) in [6.07, 6.45) is 3.00. The zero-order valence-corrected chi connectivity index (χ0v) is 23.8.